The second-order valence-corrected chi connectivity index (χ2v) is 8.61. The van der Waals surface area contributed by atoms with Gasteiger partial charge in [0.15, 0.2) is 5.69 Å². The maximum atomic E-state index is 12.8. The summed E-state index contributed by atoms with van der Waals surface area (Å²) in [5.74, 6) is -0.0869. The molecule has 0 unspecified atom stereocenters. The first kappa shape index (κ1) is 20.6. The van der Waals surface area contributed by atoms with Crippen LogP contribution in [-0.4, -0.2) is 38.6 Å². The van der Waals surface area contributed by atoms with Crippen molar-refractivity contribution >= 4 is 23.4 Å². The number of fused-ring (bicyclic) bond motifs is 1. The first-order chi connectivity index (χ1) is 14.4. The highest BCUT2D eigenvalue weighted by molar-refractivity contribution is 6.30. The maximum Gasteiger partial charge on any atom is 0.272 e. The minimum atomic E-state index is -0.273. The second-order valence-electron chi connectivity index (χ2n) is 8.17. The van der Waals surface area contributed by atoms with Crippen molar-refractivity contribution in [1.82, 2.24) is 25.3 Å². The number of hydrogen-bond acceptors (Lipinski definition) is 4. The van der Waals surface area contributed by atoms with Gasteiger partial charge in [0.2, 0.25) is 5.91 Å². The summed E-state index contributed by atoms with van der Waals surface area (Å²) < 4.78 is 1.79. The third-order valence-electron chi connectivity index (χ3n) is 5.91. The molecule has 0 aliphatic carbocycles. The van der Waals surface area contributed by atoms with Crippen molar-refractivity contribution in [3.8, 4) is 0 Å². The van der Waals surface area contributed by atoms with E-state index in [9.17, 15) is 9.59 Å². The van der Waals surface area contributed by atoms with Gasteiger partial charge in [0.05, 0.1) is 11.2 Å². The molecule has 0 spiro atoms. The predicted molar refractivity (Wildman–Crippen MR) is 115 cm³/mol. The minimum absolute atomic E-state index is 0.0949. The van der Waals surface area contributed by atoms with Gasteiger partial charge < -0.3 is 10.6 Å². The lowest BCUT2D eigenvalue weighted by Crippen LogP contribution is -2.49. The van der Waals surface area contributed by atoms with E-state index < -0.39 is 0 Å². The summed E-state index contributed by atoms with van der Waals surface area (Å²) in [6.45, 7) is 6.35. The fraction of sp³-hybridized carbons (Fsp3) is 0.409. The minimum Gasteiger partial charge on any atom is -0.349 e. The van der Waals surface area contributed by atoms with Crippen LogP contribution in [-0.2, 0) is 31.5 Å². The normalized spacial score (nSPS) is 20.8. The maximum absolute atomic E-state index is 12.8. The molecule has 8 heteroatoms. The zero-order valence-corrected chi connectivity index (χ0v) is 17.8. The van der Waals surface area contributed by atoms with E-state index in [4.69, 9.17) is 11.6 Å². The highest BCUT2D eigenvalue weighted by Crippen LogP contribution is 2.31. The van der Waals surface area contributed by atoms with Gasteiger partial charge in [-0.1, -0.05) is 29.8 Å². The fourth-order valence-corrected chi connectivity index (χ4v) is 4.56. The van der Waals surface area contributed by atoms with Gasteiger partial charge in [-0.05, 0) is 30.5 Å². The second kappa shape index (κ2) is 8.24. The number of nitrogens with zero attached hydrogens (tertiary/aromatic N) is 3. The molecule has 158 valence electrons. The number of benzene rings is 1. The summed E-state index contributed by atoms with van der Waals surface area (Å²) in [7, 11) is 1.87. The molecule has 2 aliphatic rings. The van der Waals surface area contributed by atoms with Crippen LogP contribution in [0.4, 0.5) is 0 Å². The van der Waals surface area contributed by atoms with Gasteiger partial charge in [0.1, 0.15) is 0 Å². The summed E-state index contributed by atoms with van der Waals surface area (Å²) in [5, 5.41) is 11.2. The van der Waals surface area contributed by atoms with Crippen LogP contribution in [0.15, 0.2) is 36.9 Å². The topological polar surface area (TPSA) is 79.3 Å². The van der Waals surface area contributed by atoms with Crippen LogP contribution in [0.5, 0.6) is 0 Å². The molecule has 1 aromatic carbocycles. The van der Waals surface area contributed by atoms with Gasteiger partial charge in [0.25, 0.3) is 5.91 Å². The average molecular weight is 428 g/mol. The molecular weight excluding hydrogens is 402 g/mol. The highest BCUT2D eigenvalue weighted by Gasteiger charge is 2.40. The Balaban J connectivity index is 1.44. The lowest BCUT2D eigenvalue weighted by atomic mass is 9.92. The lowest BCUT2D eigenvalue weighted by molar-refractivity contribution is -0.119. The molecule has 1 atom stereocenters. The van der Waals surface area contributed by atoms with Crippen molar-refractivity contribution in [2.75, 3.05) is 6.54 Å². The van der Waals surface area contributed by atoms with Crippen LogP contribution >= 0.6 is 11.6 Å². The predicted octanol–water partition coefficient (Wildman–Crippen LogP) is 2.54. The molecule has 1 fully saturated rings. The Kier molecular flexibility index (Phi) is 5.66. The lowest BCUT2D eigenvalue weighted by Gasteiger charge is -2.32. The Morgan fingerprint density at radius 1 is 1.37 bits per heavy atom. The van der Waals surface area contributed by atoms with Crippen molar-refractivity contribution in [3.63, 3.8) is 0 Å². The smallest absolute Gasteiger partial charge is 0.272 e. The number of hydrogen-bond donors (Lipinski definition) is 2. The van der Waals surface area contributed by atoms with Gasteiger partial charge in [-0.2, -0.15) is 5.10 Å². The molecule has 1 saturated heterocycles. The van der Waals surface area contributed by atoms with E-state index >= 15 is 0 Å². The highest BCUT2D eigenvalue weighted by atomic mass is 35.5. The Labute approximate surface area is 181 Å². The molecule has 1 aromatic heterocycles. The first-order valence-corrected chi connectivity index (χ1v) is 10.5. The summed E-state index contributed by atoms with van der Waals surface area (Å²) in [5.41, 5.74) is 3.18. The number of rotatable bonds is 7. The summed E-state index contributed by atoms with van der Waals surface area (Å²) in [6, 6.07) is 7.39. The molecule has 3 heterocycles. The molecule has 2 N–H and O–H groups in total. The number of nitrogens with one attached hydrogen (secondary N) is 2. The van der Waals surface area contributed by atoms with Crippen LogP contribution in [0.1, 0.15) is 46.6 Å². The SMILES string of the molecule is C=CC[C@]1(CN2Cc3c(C(=O)NCc4ccc(Cl)cc4)nn(C)c3C2)CCC(=O)N1. The largest absolute Gasteiger partial charge is 0.349 e. The molecule has 7 nitrogen and oxygen atoms in total. The van der Waals surface area contributed by atoms with Gasteiger partial charge >= 0.3 is 0 Å². The van der Waals surface area contributed by atoms with Crippen molar-refractivity contribution in [3.05, 3.63) is 64.5 Å². The molecule has 2 aliphatic heterocycles. The van der Waals surface area contributed by atoms with E-state index in [0.29, 0.717) is 36.8 Å². The van der Waals surface area contributed by atoms with Gasteiger partial charge in [-0.25, -0.2) is 0 Å². The Bertz CT molecular complexity index is 984. The molecular formula is C22H26ClN5O2. The molecule has 2 amide bonds. The summed E-state index contributed by atoms with van der Waals surface area (Å²) in [4.78, 5) is 26.9. The van der Waals surface area contributed by atoms with E-state index in [1.54, 1.807) is 16.8 Å². The van der Waals surface area contributed by atoms with E-state index in [-0.39, 0.29) is 17.4 Å². The van der Waals surface area contributed by atoms with Crippen LogP contribution < -0.4 is 10.6 Å². The number of amides is 2. The standard InChI is InChI=1S/C22H26ClN5O2/c1-3-9-22(10-8-19(29)25-22)14-28-12-17-18(13-28)27(2)26-20(17)21(30)24-11-15-4-6-16(23)7-5-15/h3-7H,1,8-14H2,2H3,(H,24,30)(H,25,29)/t22-/m1/s1. The molecule has 0 bridgehead atoms. The summed E-state index contributed by atoms with van der Waals surface area (Å²) in [6.07, 6.45) is 3.95. The van der Waals surface area contributed by atoms with E-state index in [0.717, 1.165) is 36.2 Å². The van der Waals surface area contributed by atoms with Gasteiger partial charge in [-0.3, -0.25) is 19.2 Å². The monoisotopic (exact) mass is 427 g/mol. The van der Waals surface area contributed by atoms with Crippen LogP contribution in [0.2, 0.25) is 5.02 Å². The molecule has 2 aromatic rings. The first-order valence-electron chi connectivity index (χ1n) is 10.1. The van der Waals surface area contributed by atoms with E-state index in [1.807, 2.05) is 25.3 Å². The number of aromatic nitrogens is 2. The third kappa shape index (κ3) is 4.13. The van der Waals surface area contributed by atoms with Crippen molar-refractivity contribution < 1.29 is 9.59 Å². The van der Waals surface area contributed by atoms with Crippen LogP contribution in [0, 0.1) is 0 Å². The van der Waals surface area contributed by atoms with Crippen molar-refractivity contribution in [1.29, 1.82) is 0 Å². The van der Waals surface area contributed by atoms with Gasteiger partial charge in [0, 0.05) is 50.2 Å². The average Bonchev–Trinajstić information content (AvgIpc) is 3.37. The van der Waals surface area contributed by atoms with Gasteiger partial charge in [-0.15, -0.1) is 6.58 Å². The Morgan fingerprint density at radius 2 is 2.13 bits per heavy atom. The number of halogens is 1. The van der Waals surface area contributed by atoms with Crippen molar-refractivity contribution in [2.45, 2.75) is 44.4 Å². The third-order valence-corrected chi connectivity index (χ3v) is 6.16. The van der Waals surface area contributed by atoms with Crippen LogP contribution in [0.3, 0.4) is 0 Å². The molecule has 4 rings (SSSR count). The number of carbonyl (C=O) groups excluding carboxylic acids is 2. The fourth-order valence-electron chi connectivity index (χ4n) is 4.43. The van der Waals surface area contributed by atoms with Crippen molar-refractivity contribution in [2.24, 2.45) is 7.05 Å². The Hall–Kier alpha value is -2.64. The number of aryl methyl sites for hydroxylation is 1. The quantitative estimate of drug-likeness (QED) is 0.665. The molecule has 0 radical (unpaired) electrons. The van der Waals surface area contributed by atoms with Crippen LogP contribution in [0.25, 0.3) is 0 Å². The van der Waals surface area contributed by atoms with E-state index in [2.05, 4.69) is 27.2 Å². The number of carbonyl (C=O) groups is 2. The molecule has 0 saturated carbocycles. The molecule has 30 heavy (non-hydrogen) atoms. The van der Waals surface area contributed by atoms with E-state index in [1.165, 1.54) is 0 Å². The zero-order valence-electron chi connectivity index (χ0n) is 17.1. The zero-order chi connectivity index (χ0) is 21.3. The summed E-state index contributed by atoms with van der Waals surface area (Å²) >= 11 is 5.92. The Morgan fingerprint density at radius 3 is 2.80 bits per heavy atom.